The van der Waals surface area contributed by atoms with Crippen molar-refractivity contribution in [2.45, 2.75) is 44.2 Å². The maximum absolute atomic E-state index is 12.8. The Hall–Kier alpha value is -0.980. The number of benzene rings is 1. The van der Waals surface area contributed by atoms with Crippen molar-refractivity contribution in [3.05, 3.63) is 28.2 Å². The van der Waals surface area contributed by atoms with Crippen molar-refractivity contribution >= 4 is 38.9 Å². The van der Waals surface area contributed by atoms with Gasteiger partial charge in [0.25, 0.3) is 5.91 Å². The number of sulfone groups is 1. The van der Waals surface area contributed by atoms with Crippen LogP contribution < -0.4 is 4.74 Å². The summed E-state index contributed by atoms with van der Waals surface area (Å²) in [5.41, 5.74) is 0. The van der Waals surface area contributed by atoms with Crippen molar-refractivity contribution < 1.29 is 17.9 Å². The summed E-state index contributed by atoms with van der Waals surface area (Å²) in [7, 11) is -3.05. The molecular formula is C17H21Cl2NO4S. The highest BCUT2D eigenvalue weighted by atomic mass is 35.5. The zero-order chi connectivity index (χ0) is 18.0. The Kier molecular flexibility index (Phi) is 5.81. The van der Waals surface area contributed by atoms with E-state index < -0.39 is 9.84 Å². The largest absolute Gasteiger partial charge is 0.484 e. The van der Waals surface area contributed by atoms with E-state index in [2.05, 4.69) is 0 Å². The predicted octanol–water partition coefficient (Wildman–Crippen LogP) is 3.33. The molecule has 1 saturated carbocycles. The quantitative estimate of drug-likeness (QED) is 0.753. The van der Waals surface area contributed by atoms with Crippen LogP contribution in [0, 0.1) is 0 Å². The highest BCUT2D eigenvalue weighted by Gasteiger charge is 2.39. The molecule has 0 unspecified atom stereocenters. The fraction of sp³-hybridized carbons (Fsp3) is 0.588. The molecule has 1 aromatic carbocycles. The van der Waals surface area contributed by atoms with Crippen molar-refractivity contribution in [1.82, 2.24) is 4.90 Å². The second-order valence-electron chi connectivity index (χ2n) is 6.69. The highest BCUT2D eigenvalue weighted by molar-refractivity contribution is 7.91. The highest BCUT2D eigenvalue weighted by Crippen LogP contribution is 2.30. The molecule has 138 valence electrons. The number of ether oxygens (including phenoxy) is 1. The third-order valence-corrected chi connectivity index (χ3v) is 6.99. The van der Waals surface area contributed by atoms with Gasteiger partial charge in [-0.1, -0.05) is 36.0 Å². The number of rotatable bonds is 5. The van der Waals surface area contributed by atoms with E-state index in [1.54, 1.807) is 23.1 Å². The molecule has 1 atom stereocenters. The number of carbonyl (C=O) groups excluding carboxylic acids is 1. The van der Waals surface area contributed by atoms with E-state index in [1.807, 2.05) is 0 Å². The van der Waals surface area contributed by atoms with E-state index in [0.29, 0.717) is 22.2 Å². The molecule has 2 fully saturated rings. The zero-order valence-corrected chi connectivity index (χ0v) is 16.1. The third-order valence-electron chi connectivity index (χ3n) is 4.81. The minimum absolute atomic E-state index is 0.0538. The van der Waals surface area contributed by atoms with E-state index in [4.69, 9.17) is 27.9 Å². The minimum atomic E-state index is -3.05. The van der Waals surface area contributed by atoms with Crippen LogP contribution in [0.5, 0.6) is 5.75 Å². The maximum atomic E-state index is 12.8. The van der Waals surface area contributed by atoms with Gasteiger partial charge in [-0.15, -0.1) is 0 Å². The Balaban J connectivity index is 1.70. The first kappa shape index (κ1) is 18.8. The summed E-state index contributed by atoms with van der Waals surface area (Å²) >= 11 is 11.9. The van der Waals surface area contributed by atoms with Gasteiger partial charge < -0.3 is 9.64 Å². The summed E-state index contributed by atoms with van der Waals surface area (Å²) in [4.78, 5) is 14.6. The summed E-state index contributed by atoms with van der Waals surface area (Å²) in [5.74, 6) is 0.457. The third kappa shape index (κ3) is 4.80. The molecular weight excluding hydrogens is 385 g/mol. The topological polar surface area (TPSA) is 63.7 Å². The number of amides is 1. The lowest BCUT2D eigenvalue weighted by Gasteiger charge is -2.34. The normalized spacial score (nSPS) is 22.9. The van der Waals surface area contributed by atoms with Gasteiger partial charge in [0.2, 0.25) is 0 Å². The van der Waals surface area contributed by atoms with Gasteiger partial charge in [-0.3, -0.25) is 4.79 Å². The fourth-order valence-electron chi connectivity index (χ4n) is 3.71. The first-order chi connectivity index (χ1) is 11.8. The SMILES string of the molecule is O=C(COc1cc(Cl)cc(Cl)c1)N(C1CCCC1)[C@@H]1CCS(=O)(=O)C1. The second kappa shape index (κ2) is 7.72. The average Bonchev–Trinajstić information content (AvgIpc) is 3.15. The fourth-order valence-corrected chi connectivity index (χ4v) is 5.93. The van der Waals surface area contributed by atoms with Crippen LogP contribution in [-0.4, -0.2) is 49.4 Å². The van der Waals surface area contributed by atoms with Crippen LogP contribution in [-0.2, 0) is 14.6 Å². The van der Waals surface area contributed by atoms with Crippen LogP contribution in [0.2, 0.25) is 10.0 Å². The summed E-state index contributed by atoms with van der Waals surface area (Å²) in [6, 6.07) is 4.65. The zero-order valence-electron chi connectivity index (χ0n) is 13.8. The van der Waals surface area contributed by atoms with Crippen LogP contribution in [0.1, 0.15) is 32.1 Å². The molecule has 8 heteroatoms. The van der Waals surface area contributed by atoms with E-state index >= 15 is 0 Å². The number of hydrogen-bond acceptors (Lipinski definition) is 4. The van der Waals surface area contributed by atoms with Gasteiger partial charge in [-0.05, 0) is 37.5 Å². The summed E-state index contributed by atoms with van der Waals surface area (Å²) in [6.07, 6.45) is 4.49. The first-order valence-corrected chi connectivity index (χ1v) is 11.0. The van der Waals surface area contributed by atoms with Crippen LogP contribution in [0.15, 0.2) is 18.2 Å². The minimum Gasteiger partial charge on any atom is -0.484 e. The lowest BCUT2D eigenvalue weighted by atomic mass is 10.1. The Morgan fingerprint density at radius 3 is 2.28 bits per heavy atom. The number of halogens is 2. The number of nitrogens with zero attached hydrogens (tertiary/aromatic N) is 1. The summed E-state index contributed by atoms with van der Waals surface area (Å²) < 4.78 is 29.2. The molecule has 1 aliphatic heterocycles. The smallest absolute Gasteiger partial charge is 0.261 e. The Bertz CT molecular complexity index is 727. The molecule has 0 N–H and O–H groups in total. The molecule has 2 aliphatic rings. The molecule has 1 aromatic rings. The molecule has 5 nitrogen and oxygen atoms in total. The lowest BCUT2D eigenvalue weighted by Crippen LogP contribution is -2.48. The molecule has 0 radical (unpaired) electrons. The van der Waals surface area contributed by atoms with Gasteiger partial charge in [0, 0.05) is 22.1 Å². The van der Waals surface area contributed by atoms with Gasteiger partial charge in [-0.25, -0.2) is 8.42 Å². The summed E-state index contributed by atoms with van der Waals surface area (Å²) in [5, 5.41) is 0.869. The molecule has 25 heavy (non-hydrogen) atoms. The lowest BCUT2D eigenvalue weighted by molar-refractivity contribution is -0.137. The molecule has 0 aromatic heterocycles. The summed E-state index contributed by atoms with van der Waals surface area (Å²) in [6.45, 7) is -0.149. The van der Waals surface area contributed by atoms with Crippen molar-refractivity contribution in [1.29, 1.82) is 0 Å². The van der Waals surface area contributed by atoms with Crippen molar-refractivity contribution in [3.8, 4) is 5.75 Å². The first-order valence-electron chi connectivity index (χ1n) is 8.44. The van der Waals surface area contributed by atoms with E-state index in [1.165, 1.54) is 0 Å². The molecule has 1 heterocycles. The molecule has 3 rings (SSSR count). The van der Waals surface area contributed by atoms with Crippen LogP contribution in [0.4, 0.5) is 0 Å². The molecule has 0 spiro atoms. The van der Waals surface area contributed by atoms with Crippen LogP contribution in [0.3, 0.4) is 0 Å². The van der Waals surface area contributed by atoms with Crippen molar-refractivity contribution in [2.24, 2.45) is 0 Å². The average molecular weight is 406 g/mol. The molecule has 1 amide bonds. The maximum Gasteiger partial charge on any atom is 0.261 e. The van der Waals surface area contributed by atoms with Crippen LogP contribution in [0.25, 0.3) is 0 Å². The number of hydrogen-bond donors (Lipinski definition) is 0. The van der Waals surface area contributed by atoms with E-state index in [9.17, 15) is 13.2 Å². The Morgan fingerprint density at radius 1 is 1.08 bits per heavy atom. The van der Waals surface area contributed by atoms with Gasteiger partial charge in [0.05, 0.1) is 11.5 Å². The van der Waals surface area contributed by atoms with Gasteiger partial charge in [0.1, 0.15) is 5.75 Å². The number of carbonyl (C=O) groups is 1. The van der Waals surface area contributed by atoms with Gasteiger partial charge in [-0.2, -0.15) is 0 Å². The Labute approximate surface area is 158 Å². The van der Waals surface area contributed by atoms with Gasteiger partial charge in [0.15, 0.2) is 16.4 Å². The van der Waals surface area contributed by atoms with Crippen molar-refractivity contribution in [2.75, 3.05) is 18.1 Å². The molecule has 1 saturated heterocycles. The Morgan fingerprint density at radius 2 is 1.72 bits per heavy atom. The van der Waals surface area contributed by atoms with E-state index in [-0.39, 0.29) is 36.1 Å². The van der Waals surface area contributed by atoms with Gasteiger partial charge >= 0.3 is 0 Å². The monoisotopic (exact) mass is 405 g/mol. The van der Waals surface area contributed by atoms with E-state index in [0.717, 1.165) is 25.7 Å². The predicted molar refractivity (Wildman–Crippen MR) is 98.1 cm³/mol. The van der Waals surface area contributed by atoms with Crippen LogP contribution >= 0.6 is 23.2 Å². The standard InChI is InChI=1S/C17H21Cl2NO4S/c18-12-7-13(19)9-16(8-12)24-10-17(21)20(14-3-1-2-4-14)15-5-6-25(22,23)11-15/h7-9,14-15H,1-6,10-11H2/t15-/m1/s1. The van der Waals surface area contributed by atoms with Crippen molar-refractivity contribution in [3.63, 3.8) is 0 Å². The second-order valence-corrected chi connectivity index (χ2v) is 9.79. The molecule has 0 bridgehead atoms. The molecule has 1 aliphatic carbocycles.